The third-order valence-corrected chi connectivity index (χ3v) is 26.6. The van der Waals surface area contributed by atoms with Crippen molar-refractivity contribution in [2.24, 2.45) is 0 Å². The van der Waals surface area contributed by atoms with E-state index in [1.165, 1.54) is 96.3 Å². The van der Waals surface area contributed by atoms with Gasteiger partial charge in [0, 0.05) is 0 Å². The zero-order valence-corrected chi connectivity index (χ0v) is 22.7. The van der Waals surface area contributed by atoms with Gasteiger partial charge in [-0.05, 0) is 0 Å². The summed E-state index contributed by atoms with van der Waals surface area (Å²) in [6.45, 7) is 6.97. The Morgan fingerprint density at radius 2 is 1.00 bits per heavy atom. The van der Waals surface area contributed by atoms with Crippen LogP contribution in [-0.4, -0.2) is 28.8 Å². The molecule has 0 spiro atoms. The van der Waals surface area contributed by atoms with Gasteiger partial charge in [-0.2, -0.15) is 0 Å². The van der Waals surface area contributed by atoms with E-state index in [1.807, 2.05) is 6.20 Å². The quantitative estimate of drug-likeness (QED) is 0.120. The third-order valence-electron chi connectivity index (χ3n) is 6.29. The predicted octanol–water partition coefficient (Wildman–Crippen LogP) is 8.59. The van der Waals surface area contributed by atoms with Crippen LogP contribution in [0.15, 0.2) is 18.7 Å². The van der Waals surface area contributed by atoms with Gasteiger partial charge in [-0.15, -0.1) is 0 Å². The first-order valence-electron chi connectivity index (χ1n) is 12.3. The summed E-state index contributed by atoms with van der Waals surface area (Å²) >= 11 is -2.51. The Balaban J connectivity index is 2.67. The van der Waals surface area contributed by atoms with E-state index in [0.717, 1.165) is 0 Å². The van der Waals surface area contributed by atoms with Crippen LogP contribution in [0.25, 0.3) is 0 Å². The molecule has 0 radical (unpaired) electrons. The van der Waals surface area contributed by atoms with E-state index in [-0.39, 0.29) is 0 Å². The Bertz CT molecular complexity index is 380. The average Bonchev–Trinajstić information content (AvgIpc) is 3.22. The summed E-state index contributed by atoms with van der Waals surface area (Å²) < 4.78 is 7.41. The molecule has 3 heteroatoms. The fraction of sp³-hybridized carbons (Fsp3) is 0.875. The number of aromatic nitrogens is 2. The predicted molar refractivity (Wildman–Crippen MR) is 124 cm³/mol. The van der Waals surface area contributed by atoms with E-state index in [9.17, 15) is 0 Å². The van der Waals surface area contributed by atoms with Crippen molar-refractivity contribution in [3.05, 3.63) is 18.7 Å². The summed E-state index contributed by atoms with van der Waals surface area (Å²) in [4.78, 5) is 4.48. The van der Waals surface area contributed by atoms with Crippen LogP contribution in [-0.2, 0) is 0 Å². The number of rotatable bonds is 19. The molecular formula is C24H48N2Pb. The Hall–Kier alpha value is 0.132. The van der Waals surface area contributed by atoms with Crippen molar-refractivity contribution in [2.75, 3.05) is 0 Å². The van der Waals surface area contributed by atoms with E-state index in [0.29, 0.717) is 0 Å². The van der Waals surface area contributed by atoms with E-state index < -0.39 is 21.5 Å². The minimum absolute atomic E-state index is 1.35. The van der Waals surface area contributed by atoms with E-state index >= 15 is 0 Å². The standard InChI is InChI=1S/3C7H15.C3H3N2.Pb/c3*1-3-5-7-6-4-2;1-2-5-3-4-1;/h3*1,3-7H2,2H3;1-3H;/q;;;-1;+1. The van der Waals surface area contributed by atoms with Crippen LogP contribution in [0, 0.1) is 0 Å². The Labute approximate surface area is 176 Å². The number of unbranched alkanes of at least 4 members (excludes halogenated alkanes) is 12. The van der Waals surface area contributed by atoms with Gasteiger partial charge < -0.3 is 0 Å². The van der Waals surface area contributed by atoms with Crippen LogP contribution in [0.1, 0.15) is 117 Å². The average molecular weight is 572 g/mol. The van der Waals surface area contributed by atoms with Gasteiger partial charge in [0.15, 0.2) is 0 Å². The maximum atomic E-state index is 4.48. The SMILES string of the molecule is CCCCCC[CH2][Pb]([CH2]CCCCCC)([CH2]CCCCCC)[n]1ccnc1. The molecule has 158 valence electrons. The van der Waals surface area contributed by atoms with Gasteiger partial charge in [0.25, 0.3) is 0 Å². The molecule has 0 saturated heterocycles. The van der Waals surface area contributed by atoms with Gasteiger partial charge in [0.1, 0.15) is 0 Å². The second kappa shape index (κ2) is 17.0. The molecule has 0 atom stereocenters. The van der Waals surface area contributed by atoms with Gasteiger partial charge >= 0.3 is 177 Å². The first-order valence-corrected chi connectivity index (χ1v) is 22.3. The third kappa shape index (κ3) is 11.0. The molecule has 1 rings (SSSR count). The molecule has 0 aliphatic rings. The zero-order valence-electron chi connectivity index (χ0n) is 18.9. The van der Waals surface area contributed by atoms with Crippen molar-refractivity contribution in [2.45, 2.75) is 129 Å². The molecule has 2 nitrogen and oxygen atoms in total. The van der Waals surface area contributed by atoms with Crippen LogP contribution in [0.3, 0.4) is 0 Å². The Morgan fingerprint density at radius 1 is 0.593 bits per heavy atom. The fourth-order valence-electron chi connectivity index (χ4n) is 4.47. The van der Waals surface area contributed by atoms with Gasteiger partial charge in [-0.3, -0.25) is 0 Å². The molecule has 0 unspecified atom stereocenters. The van der Waals surface area contributed by atoms with Crippen molar-refractivity contribution < 1.29 is 0 Å². The molecular weight excluding hydrogens is 523 g/mol. The minimum atomic E-state index is -2.51. The molecule has 0 aliphatic heterocycles. The van der Waals surface area contributed by atoms with Crippen molar-refractivity contribution in [1.29, 1.82) is 0 Å². The molecule has 1 heterocycles. The van der Waals surface area contributed by atoms with Crippen LogP contribution in [0.4, 0.5) is 0 Å². The molecule has 0 aliphatic carbocycles. The summed E-state index contributed by atoms with van der Waals surface area (Å²) in [6, 6.07) is 0. The molecule has 0 N–H and O–H groups in total. The second-order valence-corrected chi connectivity index (χ2v) is 26.0. The van der Waals surface area contributed by atoms with Crippen molar-refractivity contribution >= 4 is 21.5 Å². The number of imidazole rings is 1. The molecule has 1 aromatic rings. The summed E-state index contributed by atoms with van der Waals surface area (Å²) in [5.41, 5.74) is 0. The second-order valence-electron chi connectivity index (χ2n) is 8.69. The molecule has 0 aromatic carbocycles. The van der Waals surface area contributed by atoms with E-state index in [1.54, 1.807) is 11.9 Å². The Kier molecular flexibility index (Phi) is 15.9. The molecule has 1 aromatic heterocycles. The molecule has 0 bridgehead atoms. The molecule has 0 fully saturated rings. The number of nitrogens with zero attached hydrogens (tertiary/aromatic N) is 2. The molecule has 27 heavy (non-hydrogen) atoms. The Morgan fingerprint density at radius 3 is 1.33 bits per heavy atom. The van der Waals surface area contributed by atoms with E-state index in [4.69, 9.17) is 0 Å². The van der Waals surface area contributed by atoms with Crippen LogP contribution < -0.4 is 0 Å². The monoisotopic (exact) mass is 572 g/mol. The van der Waals surface area contributed by atoms with Crippen LogP contribution in [0.2, 0.25) is 11.9 Å². The summed E-state index contributed by atoms with van der Waals surface area (Å²) in [6.07, 6.45) is 28.0. The topological polar surface area (TPSA) is 17.8 Å². The van der Waals surface area contributed by atoms with Crippen molar-refractivity contribution in [3.8, 4) is 0 Å². The van der Waals surface area contributed by atoms with Crippen molar-refractivity contribution in [1.82, 2.24) is 7.36 Å². The first kappa shape index (κ1) is 25.2. The van der Waals surface area contributed by atoms with Crippen LogP contribution in [0.5, 0.6) is 0 Å². The zero-order chi connectivity index (χ0) is 19.6. The van der Waals surface area contributed by atoms with Gasteiger partial charge in [0.2, 0.25) is 0 Å². The maximum absolute atomic E-state index is 4.48. The number of hydrogen-bond acceptors (Lipinski definition) is 1. The first-order chi connectivity index (χ1) is 13.3. The normalized spacial score (nSPS) is 12.0. The van der Waals surface area contributed by atoms with Gasteiger partial charge in [-0.25, -0.2) is 0 Å². The van der Waals surface area contributed by atoms with Gasteiger partial charge in [-0.1, -0.05) is 0 Å². The van der Waals surface area contributed by atoms with Crippen LogP contribution >= 0.6 is 0 Å². The van der Waals surface area contributed by atoms with Gasteiger partial charge in [0.05, 0.1) is 0 Å². The summed E-state index contributed by atoms with van der Waals surface area (Å²) in [5.74, 6) is 0. The fourth-order valence-corrected chi connectivity index (χ4v) is 23.7. The number of hydrogen-bond donors (Lipinski definition) is 0. The summed E-state index contributed by atoms with van der Waals surface area (Å²) in [7, 11) is 0. The van der Waals surface area contributed by atoms with Crippen molar-refractivity contribution in [3.63, 3.8) is 0 Å². The molecule has 0 amide bonds. The van der Waals surface area contributed by atoms with E-state index in [2.05, 4.69) is 40.7 Å². The molecule has 0 saturated carbocycles. The summed E-state index contributed by atoms with van der Waals surface area (Å²) in [5, 5.41) is 0.